The van der Waals surface area contributed by atoms with Gasteiger partial charge in [0.05, 0.1) is 0 Å². The Kier molecular flexibility index (Phi) is 3.07. The third kappa shape index (κ3) is 2.57. The zero-order valence-electron chi connectivity index (χ0n) is 7.68. The molecule has 0 saturated carbocycles. The van der Waals surface area contributed by atoms with Crippen molar-refractivity contribution >= 4 is 18.0 Å². The molecule has 0 radical (unpaired) electrons. The van der Waals surface area contributed by atoms with Gasteiger partial charge in [0, 0.05) is 5.56 Å². The van der Waals surface area contributed by atoms with Crippen LogP contribution >= 0.6 is 0 Å². The highest BCUT2D eigenvalue weighted by Gasteiger charge is 2.08. The van der Waals surface area contributed by atoms with Crippen molar-refractivity contribution in [3.63, 3.8) is 0 Å². The smallest absolute Gasteiger partial charge is 0.370 e. The number of nitrogens with two attached hydrogens (primary N) is 1. The van der Waals surface area contributed by atoms with Crippen LogP contribution in [-0.2, 0) is 4.79 Å². The average Bonchev–Trinajstić information content (AvgIpc) is 2.18. The van der Waals surface area contributed by atoms with Crippen molar-refractivity contribution in [2.24, 2.45) is 5.73 Å². The van der Waals surface area contributed by atoms with E-state index in [4.69, 9.17) is 15.9 Å². The first-order chi connectivity index (χ1) is 7.02. The summed E-state index contributed by atoms with van der Waals surface area (Å²) < 4.78 is 0. The van der Waals surface area contributed by atoms with Crippen molar-refractivity contribution in [1.82, 2.24) is 0 Å². The predicted molar refractivity (Wildman–Crippen MR) is 53.2 cm³/mol. The molecule has 78 valence electrons. The number of carboxylic acids is 1. The normalized spacial score (nSPS) is 11.1. The van der Waals surface area contributed by atoms with Crippen molar-refractivity contribution in [1.29, 1.82) is 0 Å². The number of primary amides is 1. The third-order valence-corrected chi connectivity index (χ3v) is 1.74. The standard InChI is InChI=1S/C10H9NO4/c11-9(13)7-4-2-1-3-6(7)5-8(12)10(14)15/h1-5,12H,(H2,11,13)(H,14,15). The van der Waals surface area contributed by atoms with E-state index in [0.717, 1.165) is 6.08 Å². The second kappa shape index (κ2) is 4.28. The first-order valence-electron chi connectivity index (χ1n) is 4.05. The number of amides is 1. The van der Waals surface area contributed by atoms with E-state index in [9.17, 15) is 9.59 Å². The van der Waals surface area contributed by atoms with Crippen LogP contribution in [0.25, 0.3) is 6.08 Å². The van der Waals surface area contributed by atoms with Crippen LogP contribution in [0.1, 0.15) is 15.9 Å². The van der Waals surface area contributed by atoms with Gasteiger partial charge in [0.25, 0.3) is 0 Å². The van der Waals surface area contributed by atoms with E-state index in [1.807, 2.05) is 0 Å². The highest BCUT2D eigenvalue weighted by molar-refractivity contribution is 5.98. The zero-order chi connectivity index (χ0) is 11.4. The van der Waals surface area contributed by atoms with E-state index >= 15 is 0 Å². The first kappa shape index (κ1) is 10.8. The lowest BCUT2D eigenvalue weighted by Gasteiger charge is -2.01. The number of aliphatic hydroxyl groups excluding tert-OH is 1. The van der Waals surface area contributed by atoms with E-state index in [2.05, 4.69) is 0 Å². The Labute approximate surface area is 85.5 Å². The largest absolute Gasteiger partial charge is 0.502 e. The Bertz CT molecular complexity index is 437. The van der Waals surface area contributed by atoms with E-state index in [0.29, 0.717) is 0 Å². The van der Waals surface area contributed by atoms with E-state index in [1.54, 1.807) is 12.1 Å². The number of hydrogen-bond donors (Lipinski definition) is 3. The molecule has 0 spiro atoms. The van der Waals surface area contributed by atoms with Gasteiger partial charge in [-0.25, -0.2) is 4.79 Å². The van der Waals surface area contributed by atoms with Crippen LogP contribution in [0.15, 0.2) is 30.0 Å². The molecule has 0 fully saturated rings. The topological polar surface area (TPSA) is 101 Å². The number of rotatable bonds is 3. The minimum Gasteiger partial charge on any atom is -0.502 e. The maximum atomic E-state index is 10.9. The van der Waals surface area contributed by atoms with Crippen molar-refractivity contribution in [3.8, 4) is 0 Å². The number of hydrogen-bond acceptors (Lipinski definition) is 3. The molecule has 5 heteroatoms. The molecule has 0 heterocycles. The lowest BCUT2D eigenvalue weighted by Crippen LogP contribution is -2.12. The maximum Gasteiger partial charge on any atom is 0.370 e. The molecule has 4 N–H and O–H groups in total. The Morgan fingerprint density at radius 2 is 1.80 bits per heavy atom. The maximum absolute atomic E-state index is 10.9. The molecule has 15 heavy (non-hydrogen) atoms. The van der Waals surface area contributed by atoms with Crippen LogP contribution in [-0.4, -0.2) is 22.1 Å². The third-order valence-electron chi connectivity index (χ3n) is 1.74. The summed E-state index contributed by atoms with van der Waals surface area (Å²) in [5.41, 5.74) is 5.50. The fourth-order valence-corrected chi connectivity index (χ4v) is 1.06. The monoisotopic (exact) mass is 207 g/mol. The fourth-order valence-electron chi connectivity index (χ4n) is 1.06. The summed E-state index contributed by atoms with van der Waals surface area (Å²) in [4.78, 5) is 21.3. The van der Waals surface area contributed by atoms with Gasteiger partial charge in [-0.15, -0.1) is 0 Å². The van der Waals surface area contributed by atoms with Crippen LogP contribution in [0.3, 0.4) is 0 Å². The summed E-state index contributed by atoms with van der Waals surface area (Å²) in [6.07, 6.45) is 0.975. The lowest BCUT2D eigenvalue weighted by atomic mass is 10.1. The van der Waals surface area contributed by atoms with Crippen LogP contribution < -0.4 is 5.73 Å². The van der Waals surface area contributed by atoms with Crippen molar-refractivity contribution < 1.29 is 19.8 Å². The second-order valence-electron chi connectivity index (χ2n) is 2.79. The van der Waals surface area contributed by atoms with E-state index < -0.39 is 17.6 Å². The van der Waals surface area contributed by atoms with Crippen molar-refractivity contribution in [3.05, 3.63) is 41.2 Å². The van der Waals surface area contributed by atoms with Crippen molar-refractivity contribution in [2.75, 3.05) is 0 Å². The summed E-state index contributed by atoms with van der Waals surface area (Å²) in [6.45, 7) is 0. The number of carbonyl (C=O) groups is 2. The average molecular weight is 207 g/mol. The molecule has 0 unspecified atom stereocenters. The van der Waals surface area contributed by atoms with Crippen LogP contribution in [0.2, 0.25) is 0 Å². The van der Waals surface area contributed by atoms with Gasteiger partial charge in [0.2, 0.25) is 11.7 Å². The van der Waals surface area contributed by atoms with Gasteiger partial charge in [-0.05, 0) is 17.7 Å². The molecule has 0 bridgehead atoms. The minimum atomic E-state index is -1.46. The molecule has 1 rings (SSSR count). The van der Waals surface area contributed by atoms with Crippen molar-refractivity contribution in [2.45, 2.75) is 0 Å². The number of aliphatic carboxylic acids is 1. The molecular weight excluding hydrogens is 198 g/mol. The Balaban J connectivity index is 3.20. The Morgan fingerprint density at radius 3 is 2.33 bits per heavy atom. The van der Waals surface area contributed by atoms with Gasteiger partial charge in [-0.3, -0.25) is 4.79 Å². The summed E-state index contributed by atoms with van der Waals surface area (Å²) >= 11 is 0. The number of benzene rings is 1. The molecule has 0 aliphatic rings. The summed E-state index contributed by atoms with van der Waals surface area (Å²) in [5.74, 6) is -2.99. The lowest BCUT2D eigenvalue weighted by molar-refractivity contribution is -0.135. The van der Waals surface area contributed by atoms with E-state index in [1.165, 1.54) is 12.1 Å². The molecule has 0 aliphatic carbocycles. The Morgan fingerprint density at radius 1 is 1.20 bits per heavy atom. The number of aliphatic hydroxyl groups is 1. The van der Waals surface area contributed by atoms with Crippen LogP contribution in [0.4, 0.5) is 0 Å². The first-order valence-corrected chi connectivity index (χ1v) is 4.05. The Hall–Kier alpha value is -2.30. The van der Waals surface area contributed by atoms with Gasteiger partial charge in [-0.2, -0.15) is 0 Å². The fraction of sp³-hybridized carbons (Fsp3) is 0. The minimum absolute atomic E-state index is 0.158. The summed E-state index contributed by atoms with van der Waals surface area (Å²) in [7, 11) is 0. The highest BCUT2D eigenvalue weighted by atomic mass is 16.4. The molecule has 1 amide bonds. The van der Waals surface area contributed by atoms with Gasteiger partial charge < -0.3 is 15.9 Å². The van der Waals surface area contributed by atoms with Crippen LogP contribution in [0, 0.1) is 0 Å². The second-order valence-corrected chi connectivity index (χ2v) is 2.79. The SMILES string of the molecule is NC(=O)c1ccccc1C=C(O)C(=O)O. The highest BCUT2D eigenvalue weighted by Crippen LogP contribution is 2.11. The molecule has 5 nitrogen and oxygen atoms in total. The quantitative estimate of drug-likeness (QED) is 0.503. The number of carbonyl (C=O) groups excluding carboxylic acids is 1. The molecule has 0 aliphatic heterocycles. The van der Waals surface area contributed by atoms with Gasteiger partial charge in [0.1, 0.15) is 0 Å². The van der Waals surface area contributed by atoms with Crippen LogP contribution in [0.5, 0.6) is 0 Å². The molecule has 1 aromatic rings. The van der Waals surface area contributed by atoms with E-state index in [-0.39, 0.29) is 11.1 Å². The predicted octanol–water partition coefficient (Wildman–Crippen LogP) is 0.769. The molecular formula is C10H9NO4. The molecule has 0 saturated heterocycles. The number of carboxylic acid groups (broad SMARTS) is 1. The van der Waals surface area contributed by atoms with Gasteiger partial charge in [0.15, 0.2) is 0 Å². The molecule has 0 atom stereocenters. The van der Waals surface area contributed by atoms with Gasteiger partial charge in [-0.1, -0.05) is 18.2 Å². The summed E-state index contributed by atoms with van der Waals surface area (Å²) in [6, 6.07) is 6.13. The zero-order valence-corrected chi connectivity index (χ0v) is 7.68. The molecule has 0 aromatic heterocycles. The summed E-state index contributed by atoms with van der Waals surface area (Å²) in [5, 5.41) is 17.4. The molecule has 1 aromatic carbocycles. The van der Waals surface area contributed by atoms with Gasteiger partial charge >= 0.3 is 5.97 Å².